The summed E-state index contributed by atoms with van der Waals surface area (Å²) in [6.45, 7) is 3.44. The highest BCUT2D eigenvalue weighted by molar-refractivity contribution is 5.97. The topological polar surface area (TPSA) is 130 Å². The second kappa shape index (κ2) is 11.7. The molecule has 0 radical (unpaired) electrons. The highest BCUT2D eigenvalue weighted by atomic mass is 19.1. The van der Waals surface area contributed by atoms with Crippen molar-refractivity contribution in [1.82, 2.24) is 19.7 Å². The second-order valence-electron chi connectivity index (χ2n) is 7.02. The van der Waals surface area contributed by atoms with Crippen molar-refractivity contribution in [3.05, 3.63) is 48.0 Å². The van der Waals surface area contributed by atoms with Crippen LogP contribution in [-0.2, 0) is 16.1 Å². The molecule has 0 unspecified atom stereocenters. The van der Waals surface area contributed by atoms with Crippen molar-refractivity contribution in [2.24, 2.45) is 0 Å². The Hall–Kier alpha value is -3.57. The lowest BCUT2D eigenvalue weighted by Gasteiger charge is -2.10. The Kier molecular flexibility index (Phi) is 9.05. The summed E-state index contributed by atoms with van der Waals surface area (Å²) >= 11 is 0. The first kappa shape index (κ1) is 24.7. The van der Waals surface area contributed by atoms with E-state index < -0.39 is 17.8 Å². The van der Waals surface area contributed by atoms with Crippen LogP contribution in [0.15, 0.2) is 36.7 Å². The molecule has 0 spiro atoms. The summed E-state index contributed by atoms with van der Waals surface area (Å²) in [7, 11) is 3.95. The Morgan fingerprint density at radius 2 is 1.94 bits per heavy atom. The Bertz CT molecular complexity index is 1070. The molecular weight excluding hydrogens is 421 g/mol. The largest absolute Gasteiger partial charge is 0.481 e. The van der Waals surface area contributed by atoms with E-state index in [2.05, 4.69) is 15.4 Å². The number of fused-ring (bicyclic) bond motifs is 1. The van der Waals surface area contributed by atoms with E-state index in [0.717, 1.165) is 19.0 Å². The standard InChI is InChI=1S/C19H22FN5O3.C2H4O2/c1-24(2)7-9-28-10-8-25-17-4-3-13(20)11-15(17)18(23-25)22-16-12-21-6-5-14(16)19(26)27;1-2(3)4/h3-6,11-12H,7-10H2,1-2H3,(H,22,23)(H,26,27);1H3,(H,3,4). The number of benzene rings is 1. The van der Waals surface area contributed by atoms with Gasteiger partial charge in [-0.25, -0.2) is 9.18 Å². The molecule has 2 aromatic heterocycles. The van der Waals surface area contributed by atoms with Gasteiger partial charge in [0.1, 0.15) is 5.82 Å². The number of likely N-dealkylation sites (N-methyl/N-ethyl adjacent to an activating group) is 1. The minimum atomic E-state index is -1.09. The average Bonchev–Trinajstić information content (AvgIpc) is 3.04. The molecular formula is C21H26FN5O5. The molecule has 10 nitrogen and oxygen atoms in total. The van der Waals surface area contributed by atoms with Gasteiger partial charge in [0.25, 0.3) is 5.97 Å². The maximum Gasteiger partial charge on any atom is 0.337 e. The van der Waals surface area contributed by atoms with Gasteiger partial charge in [-0.2, -0.15) is 5.10 Å². The lowest BCUT2D eigenvalue weighted by molar-refractivity contribution is -0.134. The van der Waals surface area contributed by atoms with Crippen LogP contribution in [0.25, 0.3) is 10.9 Å². The first-order chi connectivity index (χ1) is 15.2. The molecule has 3 aromatic rings. The van der Waals surface area contributed by atoms with E-state index in [-0.39, 0.29) is 11.3 Å². The van der Waals surface area contributed by atoms with E-state index in [0.29, 0.717) is 31.0 Å². The number of pyridine rings is 1. The van der Waals surface area contributed by atoms with Gasteiger partial charge in [-0.05, 0) is 38.4 Å². The fourth-order valence-electron chi connectivity index (χ4n) is 2.72. The third-order valence-electron chi connectivity index (χ3n) is 4.15. The second-order valence-corrected chi connectivity index (χ2v) is 7.02. The van der Waals surface area contributed by atoms with Crippen molar-refractivity contribution in [3.8, 4) is 0 Å². The number of aliphatic carboxylic acids is 1. The van der Waals surface area contributed by atoms with Crippen molar-refractivity contribution < 1.29 is 28.9 Å². The molecule has 0 aliphatic rings. The normalized spacial score (nSPS) is 10.7. The highest BCUT2D eigenvalue weighted by Gasteiger charge is 2.15. The Balaban J connectivity index is 0.000000837. The van der Waals surface area contributed by atoms with Crippen LogP contribution in [0.3, 0.4) is 0 Å². The van der Waals surface area contributed by atoms with E-state index in [1.54, 1.807) is 10.7 Å². The van der Waals surface area contributed by atoms with E-state index in [1.807, 2.05) is 19.0 Å². The number of halogens is 1. The monoisotopic (exact) mass is 447 g/mol. The maximum atomic E-state index is 13.8. The summed E-state index contributed by atoms with van der Waals surface area (Å²) in [6, 6.07) is 5.77. The highest BCUT2D eigenvalue weighted by Crippen LogP contribution is 2.28. The summed E-state index contributed by atoms with van der Waals surface area (Å²) in [5, 5.41) is 24.8. The van der Waals surface area contributed by atoms with E-state index in [1.165, 1.54) is 30.6 Å². The van der Waals surface area contributed by atoms with Crippen LogP contribution in [0.1, 0.15) is 17.3 Å². The van der Waals surface area contributed by atoms with Crippen LogP contribution in [0, 0.1) is 5.82 Å². The molecule has 0 saturated heterocycles. The number of rotatable bonds is 9. The Morgan fingerprint density at radius 3 is 2.59 bits per heavy atom. The SMILES string of the molecule is CC(=O)O.CN(C)CCOCCn1nc(Nc2cnccc2C(=O)O)c2cc(F)ccc21. The molecule has 32 heavy (non-hydrogen) atoms. The first-order valence-corrected chi connectivity index (χ1v) is 9.71. The van der Waals surface area contributed by atoms with Crippen molar-refractivity contribution in [3.63, 3.8) is 0 Å². The van der Waals surface area contributed by atoms with Gasteiger partial charge in [-0.1, -0.05) is 0 Å². The fraction of sp³-hybridized carbons (Fsp3) is 0.333. The molecule has 0 saturated carbocycles. The van der Waals surface area contributed by atoms with Gasteiger partial charge in [0.2, 0.25) is 0 Å². The molecule has 3 rings (SSSR count). The lowest BCUT2D eigenvalue weighted by Crippen LogP contribution is -2.19. The molecule has 11 heteroatoms. The molecule has 172 valence electrons. The summed E-state index contributed by atoms with van der Waals surface area (Å²) in [5.74, 6) is -1.96. The fourth-order valence-corrected chi connectivity index (χ4v) is 2.72. The van der Waals surface area contributed by atoms with Crippen LogP contribution in [0.2, 0.25) is 0 Å². The van der Waals surface area contributed by atoms with Gasteiger partial charge in [0, 0.05) is 25.1 Å². The van der Waals surface area contributed by atoms with Gasteiger partial charge in [0.15, 0.2) is 5.82 Å². The molecule has 2 heterocycles. The lowest BCUT2D eigenvalue weighted by atomic mass is 10.2. The van der Waals surface area contributed by atoms with Gasteiger partial charge in [-0.15, -0.1) is 0 Å². The van der Waals surface area contributed by atoms with Gasteiger partial charge >= 0.3 is 5.97 Å². The summed E-state index contributed by atoms with van der Waals surface area (Å²) in [4.78, 5) is 26.4. The number of carboxylic acid groups (broad SMARTS) is 2. The quantitative estimate of drug-likeness (QED) is 0.424. The molecule has 0 atom stereocenters. The van der Waals surface area contributed by atoms with Crippen molar-refractivity contribution >= 4 is 34.3 Å². The summed E-state index contributed by atoms with van der Waals surface area (Å²) in [5.41, 5.74) is 1.06. The van der Waals surface area contributed by atoms with Crippen LogP contribution in [0.4, 0.5) is 15.9 Å². The summed E-state index contributed by atoms with van der Waals surface area (Å²) < 4.78 is 21.1. The number of carboxylic acids is 2. The van der Waals surface area contributed by atoms with Crippen LogP contribution < -0.4 is 5.32 Å². The zero-order chi connectivity index (χ0) is 23.7. The molecule has 3 N–H and O–H groups in total. The average molecular weight is 447 g/mol. The zero-order valence-electron chi connectivity index (χ0n) is 18.1. The number of nitrogens with zero attached hydrogens (tertiary/aromatic N) is 4. The molecule has 0 aliphatic carbocycles. The van der Waals surface area contributed by atoms with Crippen LogP contribution in [0.5, 0.6) is 0 Å². The number of aromatic carboxylic acids is 1. The van der Waals surface area contributed by atoms with Crippen LogP contribution >= 0.6 is 0 Å². The summed E-state index contributed by atoms with van der Waals surface area (Å²) in [6.07, 6.45) is 2.80. The Labute approximate surface area is 184 Å². The molecule has 0 amide bonds. The number of hydrogen-bond donors (Lipinski definition) is 3. The predicted octanol–water partition coefficient (Wildman–Crippen LogP) is 2.68. The van der Waals surface area contributed by atoms with E-state index in [9.17, 15) is 14.3 Å². The van der Waals surface area contributed by atoms with Crippen molar-refractivity contribution in [2.45, 2.75) is 13.5 Å². The number of aromatic nitrogens is 3. The van der Waals surface area contributed by atoms with Gasteiger partial charge < -0.3 is 25.2 Å². The minimum Gasteiger partial charge on any atom is -0.481 e. The minimum absolute atomic E-state index is 0.0566. The predicted molar refractivity (Wildman–Crippen MR) is 117 cm³/mol. The maximum absolute atomic E-state index is 13.8. The van der Waals surface area contributed by atoms with E-state index in [4.69, 9.17) is 14.6 Å². The number of anilines is 2. The molecule has 0 aliphatic heterocycles. The van der Waals surface area contributed by atoms with Crippen molar-refractivity contribution in [2.75, 3.05) is 39.2 Å². The van der Waals surface area contributed by atoms with Crippen LogP contribution in [-0.4, -0.2) is 75.7 Å². The Morgan fingerprint density at radius 1 is 1.22 bits per heavy atom. The molecule has 0 fully saturated rings. The van der Waals surface area contributed by atoms with E-state index >= 15 is 0 Å². The number of hydrogen-bond acceptors (Lipinski definition) is 7. The van der Waals surface area contributed by atoms with Gasteiger partial charge in [-0.3, -0.25) is 14.5 Å². The molecule has 1 aromatic carbocycles. The third-order valence-corrected chi connectivity index (χ3v) is 4.15. The molecule has 0 bridgehead atoms. The first-order valence-electron chi connectivity index (χ1n) is 9.71. The number of nitrogens with one attached hydrogen (secondary N) is 1. The van der Waals surface area contributed by atoms with Crippen molar-refractivity contribution in [1.29, 1.82) is 0 Å². The third kappa shape index (κ3) is 7.29. The smallest absolute Gasteiger partial charge is 0.337 e. The van der Waals surface area contributed by atoms with Gasteiger partial charge in [0.05, 0.1) is 42.7 Å². The zero-order valence-corrected chi connectivity index (χ0v) is 18.1. The number of carbonyl (C=O) groups is 2. The number of ether oxygens (including phenoxy) is 1.